The second-order valence-corrected chi connectivity index (χ2v) is 6.29. The number of phenolic OH excluding ortho intramolecular Hbond substituents is 1. The van der Waals surface area contributed by atoms with Crippen molar-refractivity contribution in [3.8, 4) is 5.75 Å². The summed E-state index contributed by atoms with van der Waals surface area (Å²) in [5.41, 5.74) is 2.55. The van der Waals surface area contributed by atoms with Crippen LogP contribution in [0.3, 0.4) is 0 Å². The highest BCUT2D eigenvalue weighted by atomic mass is 35.5. The average molecular weight is 335 g/mol. The summed E-state index contributed by atoms with van der Waals surface area (Å²) >= 11 is 7.28. The molecule has 3 N–H and O–H groups in total. The van der Waals surface area contributed by atoms with Crippen LogP contribution in [0.25, 0.3) is 0 Å². The zero-order valence-corrected chi connectivity index (χ0v) is 13.7. The third-order valence-electron chi connectivity index (χ3n) is 3.15. The van der Waals surface area contributed by atoms with Crippen LogP contribution in [0, 0.1) is 0 Å². The molecule has 0 unspecified atom stereocenters. The van der Waals surface area contributed by atoms with E-state index in [0.717, 1.165) is 16.3 Å². The molecule has 114 valence electrons. The minimum absolute atomic E-state index is 0.0683. The van der Waals surface area contributed by atoms with Crippen molar-refractivity contribution in [2.24, 2.45) is 4.99 Å². The first kappa shape index (κ1) is 14.9. The largest absolute Gasteiger partial charge is 0.506 e. The Morgan fingerprint density at radius 1 is 1.23 bits per heavy atom. The summed E-state index contributed by atoms with van der Waals surface area (Å²) in [5.74, 6) is 0.631. The molecule has 0 spiro atoms. The van der Waals surface area contributed by atoms with Crippen molar-refractivity contribution in [1.29, 1.82) is 0 Å². The van der Waals surface area contributed by atoms with Gasteiger partial charge < -0.3 is 15.3 Å². The van der Waals surface area contributed by atoms with Crippen molar-refractivity contribution >= 4 is 46.6 Å². The smallest absolute Gasteiger partial charge is 0.211 e. The fraction of sp³-hybridized carbons (Fsp3) is 0.133. The second kappa shape index (κ2) is 5.98. The number of rotatable bonds is 2. The van der Waals surface area contributed by atoms with Gasteiger partial charge in [-0.25, -0.2) is 4.99 Å². The standard InChI is InChI=1S/C15H15ClN4OS/c1-20(2)11-5-3-10(4-6-11)17-15-18-14-12(21)7-9(16)8-13(14)22-19-15/h3-8,21H,1-2H3,(H2,17,18,19). The molecule has 0 aromatic heterocycles. The molecule has 1 heterocycles. The molecule has 0 atom stereocenters. The lowest BCUT2D eigenvalue weighted by Gasteiger charge is -2.19. The Labute approximate surface area is 138 Å². The van der Waals surface area contributed by atoms with Gasteiger partial charge in [0.15, 0.2) is 0 Å². The zero-order valence-electron chi connectivity index (χ0n) is 12.1. The van der Waals surface area contributed by atoms with Crippen LogP contribution in [0.2, 0.25) is 5.02 Å². The molecule has 7 heteroatoms. The Kier molecular flexibility index (Phi) is 4.04. The van der Waals surface area contributed by atoms with Gasteiger partial charge in [0, 0.05) is 36.6 Å². The fourth-order valence-corrected chi connectivity index (χ4v) is 3.03. The van der Waals surface area contributed by atoms with Gasteiger partial charge in [-0.15, -0.1) is 0 Å². The van der Waals surface area contributed by atoms with Crippen molar-refractivity contribution in [1.82, 2.24) is 4.72 Å². The number of anilines is 2. The molecule has 5 nitrogen and oxygen atoms in total. The summed E-state index contributed by atoms with van der Waals surface area (Å²) in [6.45, 7) is 0. The average Bonchev–Trinajstić information content (AvgIpc) is 2.48. The molecule has 3 rings (SSSR count). The zero-order chi connectivity index (χ0) is 15.7. The summed E-state index contributed by atoms with van der Waals surface area (Å²) in [6.07, 6.45) is 0. The van der Waals surface area contributed by atoms with Crippen LogP contribution in [0.4, 0.5) is 17.1 Å². The summed E-state index contributed by atoms with van der Waals surface area (Å²) in [6, 6.07) is 11.2. The lowest BCUT2D eigenvalue weighted by atomic mass is 10.2. The van der Waals surface area contributed by atoms with Gasteiger partial charge in [-0.3, -0.25) is 4.72 Å². The highest BCUT2D eigenvalue weighted by molar-refractivity contribution is 7.98. The van der Waals surface area contributed by atoms with Gasteiger partial charge in [0.05, 0.1) is 4.90 Å². The van der Waals surface area contributed by atoms with Crippen molar-refractivity contribution in [3.05, 3.63) is 41.4 Å². The predicted octanol–water partition coefficient (Wildman–Crippen LogP) is 3.82. The molecule has 2 aromatic rings. The Hall–Kier alpha value is -2.05. The van der Waals surface area contributed by atoms with E-state index < -0.39 is 0 Å². The SMILES string of the molecule is CN(C)c1ccc(NC2=Nc3c(O)cc(Cl)cc3SN2)cc1. The normalized spacial score (nSPS) is 13.0. The maximum absolute atomic E-state index is 9.95. The number of nitrogens with zero attached hydrogens (tertiary/aromatic N) is 2. The van der Waals surface area contributed by atoms with Crippen LogP contribution in [-0.4, -0.2) is 25.2 Å². The van der Waals surface area contributed by atoms with Gasteiger partial charge in [0.25, 0.3) is 0 Å². The minimum atomic E-state index is 0.0683. The summed E-state index contributed by atoms with van der Waals surface area (Å²) in [4.78, 5) is 7.22. The number of hydrogen-bond acceptors (Lipinski definition) is 6. The van der Waals surface area contributed by atoms with Gasteiger partial charge in [-0.1, -0.05) is 11.6 Å². The Bertz CT molecular complexity index is 731. The molecule has 0 saturated heterocycles. The first-order valence-corrected chi connectivity index (χ1v) is 7.81. The summed E-state index contributed by atoms with van der Waals surface area (Å²) in [5, 5.41) is 13.6. The highest BCUT2D eigenvalue weighted by Crippen LogP contribution is 2.41. The van der Waals surface area contributed by atoms with Gasteiger partial charge >= 0.3 is 0 Å². The molecular weight excluding hydrogens is 320 g/mol. The van der Waals surface area contributed by atoms with E-state index in [9.17, 15) is 5.11 Å². The third kappa shape index (κ3) is 3.08. The van der Waals surface area contributed by atoms with Gasteiger partial charge in [0.2, 0.25) is 5.96 Å². The summed E-state index contributed by atoms with van der Waals surface area (Å²) < 4.78 is 3.09. The molecule has 0 aliphatic carbocycles. The maximum atomic E-state index is 9.95. The number of hydrogen-bond donors (Lipinski definition) is 3. The van der Waals surface area contributed by atoms with E-state index in [-0.39, 0.29) is 5.75 Å². The number of phenols is 1. The van der Waals surface area contributed by atoms with E-state index in [1.165, 1.54) is 18.0 Å². The number of aromatic hydroxyl groups is 1. The van der Waals surface area contributed by atoms with Gasteiger partial charge in [-0.2, -0.15) is 0 Å². The predicted molar refractivity (Wildman–Crippen MR) is 93.6 cm³/mol. The Morgan fingerprint density at radius 3 is 2.64 bits per heavy atom. The van der Waals surface area contributed by atoms with Gasteiger partial charge in [0.1, 0.15) is 11.4 Å². The van der Waals surface area contributed by atoms with Crippen molar-refractivity contribution in [2.45, 2.75) is 4.90 Å². The first-order valence-electron chi connectivity index (χ1n) is 6.61. The van der Waals surface area contributed by atoms with E-state index in [0.29, 0.717) is 16.7 Å². The summed E-state index contributed by atoms with van der Waals surface area (Å²) in [7, 11) is 3.99. The number of benzene rings is 2. The highest BCUT2D eigenvalue weighted by Gasteiger charge is 2.17. The number of guanidine groups is 1. The van der Waals surface area contributed by atoms with Crippen LogP contribution >= 0.6 is 23.5 Å². The van der Waals surface area contributed by atoms with E-state index in [1.54, 1.807) is 6.07 Å². The molecule has 0 saturated carbocycles. The lowest BCUT2D eigenvalue weighted by Crippen LogP contribution is -2.26. The molecular formula is C15H15ClN4OS. The van der Waals surface area contributed by atoms with Crippen LogP contribution in [-0.2, 0) is 0 Å². The number of aliphatic imine (C=N–C) groups is 1. The van der Waals surface area contributed by atoms with Crippen molar-refractivity contribution in [2.75, 3.05) is 24.3 Å². The number of nitrogens with one attached hydrogen (secondary N) is 2. The Morgan fingerprint density at radius 2 is 1.95 bits per heavy atom. The topological polar surface area (TPSA) is 59.9 Å². The molecule has 1 aliphatic heterocycles. The van der Waals surface area contributed by atoms with E-state index in [2.05, 4.69) is 15.0 Å². The molecule has 0 amide bonds. The van der Waals surface area contributed by atoms with Crippen LogP contribution in [0.5, 0.6) is 5.75 Å². The molecule has 0 fully saturated rings. The van der Waals surface area contributed by atoms with E-state index in [4.69, 9.17) is 11.6 Å². The lowest BCUT2D eigenvalue weighted by molar-refractivity contribution is 0.475. The third-order valence-corrected chi connectivity index (χ3v) is 4.19. The monoisotopic (exact) mass is 334 g/mol. The van der Waals surface area contributed by atoms with E-state index >= 15 is 0 Å². The molecule has 2 aromatic carbocycles. The van der Waals surface area contributed by atoms with Crippen molar-refractivity contribution < 1.29 is 5.11 Å². The molecule has 0 radical (unpaired) electrons. The number of halogens is 1. The quantitative estimate of drug-likeness (QED) is 0.729. The van der Waals surface area contributed by atoms with Gasteiger partial charge in [-0.05, 0) is 42.3 Å². The first-order chi connectivity index (χ1) is 10.5. The maximum Gasteiger partial charge on any atom is 0.211 e. The molecule has 0 bridgehead atoms. The van der Waals surface area contributed by atoms with Crippen LogP contribution in [0.1, 0.15) is 0 Å². The van der Waals surface area contributed by atoms with Crippen LogP contribution in [0.15, 0.2) is 46.3 Å². The number of fused-ring (bicyclic) bond motifs is 1. The van der Waals surface area contributed by atoms with E-state index in [1.807, 2.05) is 43.3 Å². The molecule has 1 aliphatic rings. The van der Waals surface area contributed by atoms with Crippen molar-refractivity contribution in [3.63, 3.8) is 0 Å². The fourth-order valence-electron chi connectivity index (χ4n) is 2.02. The molecule has 22 heavy (non-hydrogen) atoms. The second-order valence-electron chi connectivity index (χ2n) is 5.00. The Balaban J connectivity index is 1.83. The van der Waals surface area contributed by atoms with Crippen LogP contribution < -0.4 is 14.9 Å². The minimum Gasteiger partial charge on any atom is -0.506 e.